The third-order valence-corrected chi connectivity index (χ3v) is 4.83. The fraction of sp³-hybridized carbons (Fsp3) is 0.500. The second-order valence-electron chi connectivity index (χ2n) is 6.02. The van der Waals surface area contributed by atoms with Crippen LogP contribution in [0, 0.1) is 5.92 Å². The third-order valence-electron chi connectivity index (χ3n) is 4.59. The number of carbonyl (C=O) groups is 2. The molecule has 1 saturated carbocycles. The van der Waals surface area contributed by atoms with Crippen molar-refractivity contribution in [3.8, 4) is 0 Å². The predicted octanol–water partition coefficient (Wildman–Crippen LogP) is 2.69. The quantitative estimate of drug-likeness (QED) is 0.934. The van der Waals surface area contributed by atoms with Crippen molar-refractivity contribution in [2.75, 3.05) is 13.1 Å². The Bertz CT molecular complexity index is 583. The van der Waals surface area contributed by atoms with Crippen molar-refractivity contribution in [2.45, 2.75) is 31.1 Å². The fourth-order valence-corrected chi connectivity index (χ4v) is 3.39. The lowest BCUT2D eigenvalue weighted by Gasteiger charge is -2.33. The second-order valence-corrected chi connectivity index (χ2v) is 6.46. The Balaban J connectivity index is 1.80. The van der Waals surface area contributed by atoms with E-state index in [1.54, 1.807) is 11.0 Å². The predicted molar refractivity (Wildman–Crippen MR) is 79.3 cm³/mol. The van der Waals surface area contributed by atoms with Crippen molar-refractivity contribution in [3.05, 3.63) is 34.9 Å². The number of piperidine rings is 1. The van der Waals surface area contributed by atoms with Gasteiger partial charge in [0, 0.05) is 18.1 Å². The lowest BCUT2D eigenvalue weighted by Crippen LogP contribution is -2.46. The molecule has 1 heterocycles. The molecule has 1 amide bonds. The number of nitrogens with zero attached hydrogens (tertiary/aromatic N) is 1. The number of rotatable bonds is 3. The molecule has 112 valence electrons. The molecule has 0 spiro atoms. The van der Waals surface area contributed by atoms with Crippen LogP contribution in [0.5, 0.6) is 0 Å². The minimum Gasteiger partial charge on any atom is -0.481 e. The summed E-state index contributed by atoms with van der Waals surface area (Å²) in [5.41, 5.74) is 0.489. The third kappa shape index (κ3) is 2.64. The van der Waals surface area contributed by atoms with Gasteiger partial charge >= 0.3 is 5.97 Å². The molecule has 1 saturated heterocycles. The Kier molecular flexibility index (Phi) is 3.66. The number of hydrogen-bond acceptors (Lipinski definition) is 2. The molecule has 1 atom stereocenters. The Morgan fingerprint density at radius 2 is 2.10 bits per heavy atom. The highest BCUT2D eigenvalue weighted by atomic mass is 35.5. The zero-order chi connectivity index (χ0) is 15.0. The Morgan fingerprint density at radius 3 is 2.71 bits per heavy atom. The lowest BCUT2D eigenvalue weighted by molar-refractivity contribution is -0.146. The van der Waals surface area contributed by atoms with E-state index in [1.165, 1.54) is 0 Å². The molecular formula is C16H18ClNO3. The maximum absolute atomic E-state index is 12.9. The van der Waals surface area contributed by atoms with Gasteiger partial charge in [0.15, 0.2) is 0 Å². The van der Waals surface area contributed by atoms with Crippen LogP contribution in [0.15, 0.2) is 24.3 Å². The van der Waals surface area contributed by atoms with Crippen LogP contribution in [0.1, 0.15) is 31.2 Å². The Labute approximate surface area is 128 Å². The van der Waals surface area contributed by atoms with Gasteiger partial charge in [-0.3, -0.25) is 9.59 Å². The summed E-state index contributed by atoms with van der Waals surface area (Å²) < 4.78 is 0. The molecule has 0 radical (unpaired) electrons. The molecule has 4 nitrogen and oxygen atoms in total. The van der Waals surface area contributed by atoms with Crippen molar-refractivity contribution in [3.63, 3.8) is 0 Å². The minimum absolute atomic E-state index is 0.0655. The van der Waals surface area contributed by atoms with Gasteiger partial charge in [-0.2, -0.15) is 0 Å². The summed E-state index contributed by atoms with van der Waals surface area (Å²) in [6.45, 7) is 0.988. The summed E-state index contributed by atoms with van der Waals surface area (Å²) in [7, 11) is 0. The monoisotopic (exact) mass is 307 g/mol. The molecule has 5 heteroatoms. The summed E-state index contributed by atoms with van der Waals surface area (Å²) in [4.78, 5) is 25.7. The van der Waals surface area contributed by atoms with Crippen molar-refractivity contribution < 1.29 is 14.7 Å². The number of halogens is 1. The zero-order valence-electron chi connectivity index (χ0n) is 11.7. The van der Waals surface area contributed by atoms with Gasteiger partial charge in [0.1, 0.15) is 0 Å². The fourth-order valence-electron chi connectivity index (χ4n) is 3.20. The number of likely N-dealkylation sites (tertiary alicyclic amines) is 1. The topological polar surface area (TPSA) is 57.6 Å². The van der Waals surface area contributed by atoms with Crippen LogP contribution in [-0.2, 0) is 15.0 Å². The van der Waals surface area contributed by atoms with E-state index < -0.39 is 17.3 Å². The van der Waals surface area contributed by atoms with Crippen LogP contribution in [0.3, 0.4) is 0 Å². The number of carboxylic acids is 1. The maximum Gasteiger partial charge on any atom is 0.308 e. The van der Waals surface area contributed by atoms with Crippen LogP contribution in [-0.4, -0.2) is 35.0 Å². The average Bonchev–Trinajstić information content (AvgIpc) is 3.28. The summed E-state index contributed by atoms with van der Waals surface area (Å²) in [6, 6.07) is 7.45. The highest BCUT2D eigenvalue weighted by Crippen LogP contribution is 2.50. The van der Waals surface area contributed by atoms with E-state index in [9.17, 15) is 9.59 Å². The second kappa shape index (κ2) is 5.34. The molecule has 1 aromatic carbocycles. The first-order valence-electron chi connectivity index (χ1n) is 7.31. The van der Waals surface area contributed by atoms with Crippen LogP contribution < -0.4 is 0 Å². The lowest BCUT2D eigenvalue weighted by atomic mass is 9.91. The molecular weight excluding hydrogens is 290 g/mol. The molecule has 2 fully saturated rings. The Hall–Kier alpha value is -1.55. The molecule has 0 aromatic heterocycles. The molecule has 1 aromatic rings. The molecule has 3 rings (SSSR count). The van der Waals surface area contributed by atoms with E-state index in [-0.39, 0.29) is 5.91 Å². The number of amides is 1. The van der Waals surface area contributed by atoms with Crippen LogP contribution >= 0.6 is 11.6 Å². The standard InChI is InChI=1S/C16H18ClNO3/c17-13-5-1-4-12(9-13)16(6-7-16)15(21)18-8-2-3-11(10-18)14(19)20/h1,4-5,9,11H,2-3,6-8,10H2,(H,19,20)/t11-/m1/s1. The maximum atomic E-state index is 12.9. The summed E-state index contributed by atoms with van der Waals surface area (Å²) in [5, 5.41) is 9.79. The SMILES string of the molecule is O=C(O)[C@@H]1CCCN(C(=O)C2(c3cccc(Cl)c3)CC2)C1. The van der Waals surface area contributed by atoms with Gasteiger partial charge in [0.25, 0.3) is 0 Å². The molecule has 1 N–H and O–H groups in total. The minimum atomic E-state index is -0.805. The largest absolute Gasteiger partial charge is 0.481 e. The first kappa shape index (κ1) is 14.4. The zero-order valence-corrected chi connectivity index (χ0v) is 12.5. The van der Waals surface area contributed by atoms with Crippen molar-refractivity contribution in [2.24, 2.45) is 5.92 Å². The summed E-state index contributed by atoms with van der Waals surface area (Å²) >= 11 is 6.03. The molecule has 0 bridgehead atoms. The van der Waals surface area contributed by atoms with E-state index in [0.717, 1.165) is 24.8 Å². The number of benzene rings is 1. The molecule has 0 unspecified atom stereocenters. The number of carbonyl (C=O) groups excluding carboxylic acids is 1. The highest BCUT2D eigenvalue weighted by Gasteiger charge is 2.53. The molecule has 2 aliphatic rings. The van der Waals surface area contributed by atoms with Crippen LogP contribution in [0.4, 0.5) is 0 Å². The van der Waals surface area contributed by atoms with Gasteiger partial charge in [0.05, 0.1) is 11.3 Å². The van der Waals surface area contributed by atoms with Gasteiger partial charge in [-0.05, 0) is 43.4 Å². The van der Waals surface area contributed by atoms with Crippen molar-refractivity contribution in [1.82, 2.24) is 4.90 Å². The average molecular weight is 308 g/mol. The van der Waals surface area contributed by atoms with Crippen molar-refractivity contribution in [1.29, 1.82) is 0 Å². The van der Waals surface area contributed by atoms with E-state index in [1.807, 2.05) is 18.2 Å². The van der Waals surface area contributed by atoms with Gasteiger partial charge in [-0.1, -0.05) is 23.7 Å². The van der Waals surface area contributed by atoms with Gasteiger partial charge in [0.2, 0.25) is 5.91 Å². The van der Waals surface area contributed by atoms with E-state index in [0.29, 0.717) is 24.5 Å². The number of aliphatic carboxylic acids is 1. The Morgan fingerprint density at radius 1 is 1.33 bits per heavy atom. The van der Waals surface area contributed by atoms with Crippen LogP contribution in [0.25, 0.3) is 0 Å². The van der Waals surface area contributed by atoms with Gasteiger partial charge < -0.3 is 10.0 Å². The molecule has 1 aliphatic carbocycles. The first-order chi connectivity index (χ1) is 10.0. The van der Waals surface area contributed by atoms with Gasteiger partial charge in [-0.15, -0.1) is 0 Å². The number of hydrogen-bond donors (Lipinski definition) is 1. The van der Waals surface area contributed by atoms with E-state index >= 15 is 0 Å². The smallest absolute Gasteiger partial charge is 0.308 e. The first-order valence-corrected chi connectivity index (χ1v) is 7.69. The van der Waals surface area contributed by atoms with E-state index in [4.69, 9.17) is 16.7 Å². The number of carboxylic acid groups (broad SMARTS) is 1. The molecule has 21 heavy (non-hydrogen) atoms. The van der Waals surface area contributed by atoms with Crippen LogP contribution in [0.2, 0.25) is 5.02 Å². The normalized spacial score (nSPS) is 23.7. The van der Waals surface area contributed by atoms with E-state index in [2.05, 4.69) is 0 Å². The summed E-state index contributed by atoms with van der Waals surface area (Å²) in [5.74, 6) is -1.17. The summed E-state index contributed by atoms with van der Waals surface area (Å²) in [6.07, 6.45) is 3.05. The highest BCUT2D eigenvalue weighted by molar-refractivity contribution is 6.30. The molecule has 1 aliphatic heterocycles. The van der Waals surface area contributed by atoms with Crippen molar-refractivity contribution >= 4 is 23.5 Å². The van der Waals surface area contributed by atoms with Gasteiger partial charge in [-0.25, -0.2) is 0 Å².